The first-order valence-corrected chi connectivity index (χ1v) is 7.24. The Kier molecular flexibility index (Phi) is 10.6. The van der Waals surface area contributed by atoms with Crippen molar-refractivity contribution in [2.75, 3.05) is 26.2 Å². The third kappa shape index (κ3) is 7.18. The molecule has 1 aromatic rings. The zero-order valence-corrected chi connectivity index (χ0v) is 14.7. The summed E-state index contributed by atoms with van der Waals surface area (Å²) in [6, 6.07) is 8.83. The van der Waals surface area contributed by atoms with Crippen LogP contribution in [0.15, 0.2) is 30.3 Å². The van der Waals surface area contributed by atoms with Gasteiger partial charge in [0, 0.05) is 32.7 Å². The summed E-state index contributed by atoms with van der Waals surface area (Å²) in [5, 5.41) is 8.32. The summed E-state index contributed by atoms with van der Waals surface area (Å²) in [6.45, 7) is 5.61. The lowest BCUT2D eigenvalue weighted by molar-refractivity contribution is -0.125. The fraction of sp³-hybridized carbons (Fsp3) is 0.467. The summed E-state index contributed by atoms with van der Waals surface area (Å²) in [4.78, 5) is 25.8. The van der Waals surface area contributed by atoms with E-state index in [0.717, 1.165) is 31.7 Å². The van der Waals surface area contributed by atoms with Crippen molar-refractivity contribution in [3.63, 3.8) is 0 Å². The van der Waals surface area contributed by atoms with Crippen molar-refractivity contribution in [2.45, 2.75) is 19.5 Å². The molecule has 1 fully saturated rings. The first-order chi connectivity index (χ1) is 10.2. The molecule has 8 heteroatoms. The molecule has 0 aliphatic carbocycles. The van der Waals surface area contributed by atoms with Gasteiger partial charge in [0.1, 0.15) is 0 Å². The summed E-state index contributed by atoms with van der Waals surface area (Å²) >= 11 is 0. The third-order valence-electron chi connectivity index (χ3n) is 3.61. The molecule has 1 aliphatic rings. The fourth-order valence-corrected chi connectivity index (χ4v) is 2.27. The van der Waals surface area contributed by atoms with Crippen molar-refractivity contribution in [3.8, 4) is 0 Å². The Hall–Kier alpha value is -1.34. The van der Waals surface area contributed by atoms with Gasteiger partial charge in [-0.15, -0.1) is 24.8 Å². The van der Waals surface area contributed by atoms with Gasteiger partial charge in [0.2, 0.25) is 5.91 Å². The highest BCUT2D eigenvalue weighted by Gasteiger charge is 2.23. The highest BCUT2D eigenvalue weighted by Crippen LogP contribution is 2.01. The standard InChI is InChI=1S/C15H22N4O2.2ClH/c1-12(19-9-7-16-8-10-19)14(20)18-15(21)17-11-13-5-3-2-4-6-13;;/h2-6,12,16H,7-11H2,1H3,(H2,17,18,20,21);2*1H. The maximum Gasteiger partial charge on any atom is 0.321 e. The maximum atomic E-state index is 12.0. The predicted molar refractivity (Wildman–Crippen MR) is 95.2 cm³/mol. The molecule has 1 atom stereocenters. The van der Waals surface area contributed by atoms with Crippen LogP contribution < -0.4 is 16.0 Å². The quantitative estimate of drug-likeness (QED) is 0.751. The number of halogens is 2. The van der Waals surface area contributed by atoms with E-state index in [2.05, 4.69) is 20.9 Å². The number of hydrogen-bond acceptors (Lipinski definition) is 4. The summed E-state index contributed by atoms with van der Waals surface area (Å²) in [6.07, 6.45) is 0. The molecule has 6 nitrogen and oxygen atoms in total. The van der Waals surface area contributed by atoms with Crippen LogP contribution in [0, 0.1) is 0 Å². The van der Waals surface area contributed by atoms with E-state index in [-0.39, 0.29) is 36.8 Å². The summed E-state index contributed by atoms with van der Waals surface area (Å²) < 4.78 is 0. The molecule has 1 heterocycles. The molecule has 0 bridgehead atoms. The van der Waals surface area contributed by atoms with Crippen LogP contribution in [0.4, 0.5) is 4.79 Å². The highest BCUT2D eigenvalue weighted by atomic mass is 35.5. The van der Waals surface area contributed by atoms with Crippen molar-refractivity contribution in [1.82, 2.24) is 20.9 Å². The second-order valence-electron chi connectivity index (χ2n) is 5.12. The smallest absolute Gasteiger partial charge is 0.321 e. The van der Waals surface area contributed by atoms with Crippen molar-refractivity contribution >= 4 is 36.8 Å². The monoisotopic (exact) mass is 362 g/mol. The van der Waals surface area contributed by atoms with E-state index >= 15 is 0 Å². The van der Waals surface area contributed by atoms with Crippen molar-refractivity contribution in [2.24, 2.45) is 0 Å². The molecule has 3 N–H and O–H groups in total. The Balaban J connectivity index is 0.00000242. The zero-order valence-electron chi connectivity index (χ0n) is 13.1. The Labute approximate surface area is 149 Å². The van der Waals surface area contributed by atoms with E-state index in [4.69, 9.17) is 0 Å². The summed E-state index contributed by atoms with van der Waals surface area (Å²) in [5.41, 5.74) is 0.996. The molecule has 0 spiro atoms. The highest BCUT2D eigenvalue weighted by molar-refractivity contribution is 5.96. The van der Waals surface area contributed by atoms with Gasteiger partial charge in [-0.05, 0) is 12.5 Å². The largest absolute Gasteiger partial charge is 0.334 e. The van der Waals surface area contributed by atoms with E-state index < -0.39 is 6.03 Å². The zero-order chi connectivity index (χ0) is 15.1. The fourth-order valence-electron chi connectivity index (χ4n) is 2.27. The maximum absolute atomic E-state index is 12.0. The molecule has 1 aromatic carbocycles. The summed E-state index contributed by atoms with van der Waals surface area (Å²) in [5.74, 6) is -0.262. The van der Waals surface area contributed by atoms with Crippen LogP contribution in [0.1, 0.15) is 12.5 Å². The number of urea groups is 1. The van der Waals surface area contributed by atoms with E-state index in [1.54, 1.807) is 0 Å². The van der Waals surface area contributed by atoms with Crippen LogP contribution in [0.3, 0.4) is 0 Å². The lowest BCUT2D eigenvalue weighted by atomic mass is 10.2. The van der Waals surface area contributed by atoms with Crippen LogP contribution >= 0.6 is 24.8 Å². The molecule has 0 aromatic heterocycles. The van der Waals surface area contributed by atoms with Crippen LogP contribution in [0.25, 0.3) is 0 Å². The average molecular weight is 363 g/mol. The van der Waals surface area contributed by atoms with Crippen molar-refractivity contribution in [3.05, 3.63) is 35.9 Å². The van der Waals surface area contributed by atoms with Crippen LogP contribution in [0.5, 0.6) is 0 Å². The van der Waals surface area contributed by atoms with Gasteiger partial charge >= 0.3 is 6.03 Å². The number of hydrogen-bond donors (Lipinski definition) is 3. The minimum Gasteiger partial charge on any atom is -0.334 e. The van der Waals surface area contributed by atoms with Crippen LogP contribution in [-0.2, 0) is 11.3 Å². The second-order valence-corrected chi connectivity index (χ2v) is 5.12. The topological polar surface area (TPSA) is 73.5 Å². The molecule has 23 heavy (non-hydrogen) atoms. The van der Waals surface area contributed by atoms with Crippen molar-refractivity contribution in [1.29, 1.82) is 0 Å². The third-order valence-corrected chi connectivity index (χ3v) is 3.61. The van der Waals surface area contributed by atoms with E-state index in [9.17, 15) is 9.59 Å². The molecule has 3 amide bonds. The van der Waals surface area contributed by atoms with Gasteiger partial charge < -0.3 is 10.6 Å². The van der Waals surface area contributed by atoms with E-state index in [0.29, 0.717) is 6.54 Å². The minimum atomic E-state index is -0.453. The van der Waals surface area contributed by atoms with Crippen LogP contribution in [0.2, 0.25) is 0 Å². The number of nitrogens with zero attached hydrogens (tertiary/aromatic N) is 1. The Bertz CT molecular complexity index is 482. The van der Waals surface area contributed by atoms with Gasteiger partial charge in [-0.2, -0.15) is 0 Å². The molecule has 1 aliphatic heterocycles. The molecule has 2 rings (SSSR count). The molecule has 0 radical (unpaired) electrons. The molecule has 1 unspecified atom stereocenters. The normalized spacial score (nSPS) is 15.5. The molecular formula is C15H24Cl2N4O2. The van der Waals surface area contributed by atoms with E-state index in [1.165, 1.54) is 0 Å². The van der Waals surface area contributed by atoms with Crippen molar-refractivity contribution < 1.29 is 9.59 Å². The lowest BCUT2D eigenvalue weighted by Gasteiger charge is -2.31. The number of carbonyl (C=O) groups is 2. The number of carbonyl (C=O) groups excluding carboxylic acids is 2. The van der Waals surface area contributed by atoms with Gasteiger partial charge in [0.15, 0.2) is 0 Å². The predicted octanol–water partition coefficient (Wildman–Crippen LogP) is 1.15. The Morgan fingerprint density at radius 2 is 1.78 bits per heavy atom. The SMILES string of the molecule is CC(C(=O)NC(=O)NCc1ccccc1)N1CCNCC1.Cl.Cl. The van der Waals surface area contributed by atoms with Gasteiger partial charge in [-0.1, -0.05) is 30.3 Å². The molecular weight excluding hydrogens is 339 g/mol. The van der Waals surface area contributed by atoms with Gasteiger partial charge in [0.05, 0.1) is 6.04 Å². The number of amides is 3. The Morgan fingerprint density at radius 3 is 2.39 bits per heavy atom. The number of benzene rings is 1. The second kappa shape index (κ2) is 11.2. The van der Waals surface area contributed by atoms with Gasteiger partial charge in [-0.25, -0.2) is 4.79 Å². The first-order valence-electron chi connectivity index (χ1n) is 7.24. The number of rotatable bonds is 4. The number of piperazine rings is 1. The van der Waals surface area contributed by atoms with E-state index in [1.807, 2.05) is 37.3 Å². The molecule has 130 valence electrons. The lowest BCUT2D eigenvalue weighted by Crippen LogP contribution is -2.54. The number of imide groups is 1. The summed E-state index contributed by atoms with van der Waals surface area (Å²) in [7, 11) is 0. The Morgan fingerprint density at radius 1 is 1.17 bits per heavy atom. The average Bonchev–Trinajstić information content (AvgIpc) is 2.54. The van der Waals surface area contributed by atoms with Crippen LogP contribution in [-0.4, -0.2) is 49.1 Å². The minimum absolute atomic E-state index is 0. The van der Waals surface area contributed by atoms with Gasteiger partial charge in [0.25, 0.3) is 0 Å². The first kappa shape index (κ1) is 21.7. The number of nitrogens with one attached hydrogen (secondary N) is 3. The molecule has 0 saturated carbocycles. The van der Waals surface area contributed by atoms with Gasteiger partial charge in [-0.3, -0.25) is 15.0 Å². The molecule has 1 saturated heterocycles.